The minimum absolute atomic E-state index is 0.00361. The molecule has 0 saturated carbocycles. The van der Waals surface area contributed by atoms with Crippen LogP contribution in [0.1, 0.15) is 32.1 Å². The van der Waals surface area contributed by atoms with Crippen molar-refractivity contribution < 1.29 is 9.59 Å². The summed E-state index contributed by atoms with van der Waals surface area (Å²) in [5, 5.41) is 2.54. The third-order valence-corrected chi connectivity index (χ3v) is 4.35. The van der Waals surface area contributed by atoms with E-state index in [0.717, 1.165) is 25.9 Å². The molecule has 0 aromatic rings. The molecule has 6 heteroatoms. The molecule has 2 heterocycles. The largest absolute Gasteiger partial charge is 0.346 e. The number of nitrogens with one attached hydrogen (secondary N) is 1. The van der Waals surface area contributed by atoms with Gasteiger partial charge >= 0.3 is 0 Å². The second kappa shape index (κ2) is 7.59. The molecule has 20 heavy (non-hydrogen) atoms. The van der Waals surface area contributed by atoms with Crippen LogP contribution in [0, 0.1) is 0 Å². The van der Waals surface area contributed by atoms with Crippen LogP contribution < -0.4 is 11.1 Å². The molecule has 114 valence electrons. The second-order valence-corrected chi connectivity index (χ2v) is 5.69. The highest BCUT2D eigenvalue weighted by molar-refractivity contribution is 5.85. The minimum Gasteiger partial charge on any atom is -0.346 e. The first-order valence-electron chi connectivity index (χ1n) is 7.69. The number of carbonyl (C=O) groups is 2. The number of nitrogens with two attached hydrogens (primary N) is 1. The first-order valence-corrected chi connectivity index (χ1v) is 7.69. The zero-order valence-electron chi connectivity index (χ0n) is 12.1. The molecule has 0 atom stereocenters. The Hall–Kier alpha value is -1.14. The van der Waals surface area contributed by atoms with Crippen LogP contribution in [0.3, 0.4) is 0 Å². The Morgan fingerprint density at radius 1 is 1.05 bits per heavy atom. The van der Waals surface area contributed by atoms with Crippen molar-refractivity contribution in [3.05, 3.63) is 0 Å². The van der Waals surface area contributed by atoms with E-state index in [0.29, 0.717) is 6.04 Å². The third kappa shape index (κ3) is 4.18. The van der Waals surface area contributed by atoms with Crippen molar-refractivity contribution in [2.45, 2.75) is 38.1 Å². The van der Waals surface area contributed by atoms with E-state index in [4.69, 9.17) is 5.73 Å². The first-order chi connectivity index (χ1) is 9.70. The van der Waals surface area contributed by atoms with Crippen molar-refractivity contribution in [3.63, 3.8) is 0 Å². The minimum atomic E-state index is -0.276. The molecule has 2 amide bonds. The molecule has 3 N–H and O–H groups in total. The van der Waals surface area contributed by atoms with E-state index in [1.807, 2.05) is 4.90 Å². The summed E-state index contributed by atoms with van der Waals surface area (Å²) in [5.41, 5.74) is 5.20. The van der Waals surface area contributed by atoms with Crippen LogP contribution >= 0.6 is 0 Å². The Kier molecular flexibility index (Phi) is 5.79. The van der Waals surface area contributed by atoms with Gasteiger partial charge in [-0.3, -0.25) is 9.59 Å². The zero-order chi connectivity index (χ0) is 14.4. The molecule has 2 rings (SSSR count). The molecule has 6 nitrogen and oxygen atoms in total. The smallest absolute Gasteiger partial charge is 0.241 e. The third-order valence-electron chi connectivity index (χ3n) is 4.35. The van der Waals surface area contributed by atoms with Crippen LogP contribution in [0.25, 0.3) is 0 Å². The predicted octanol–water partition coefficient (Wildman–Crippen LogP) is -0.462. The van der Waals surface area contributed by atoms with Gasteiger partial charge < -0.3 is 20.9 Å². The average molecular weight is 282 g/mol. The van der Waals surface area contributed by atoms with E-state index in [9.17, 15) is 9.59 Å². The molecule has 0 unspecified atom stereocenters. The molecule has 0 radical (unpaired) electrons. The van der Waals surface area contributed by atoms with Crippen LogP contribution in [0.5, 0.6) is 0 Å². The van der Waals surface area contributed by atoms with Crippen molar-refractivity contribution in [1.82, 2.24) is 15.1 Å². The SMILES string of the molecule is NCC(=O)NCC(=O)N1CCC(N2CCCCC2)CC1. The van der Waals surface area contributed by atoms with E-state index in [1.54, 1.807) is 0 Å². The van der Waals surface area contributed by atoms with Crippen LogP contribution in [-0.4, -0.2) is 66.9 Å². The molecule has 2 aliphatic heterocycles. The first kappa shape index (κ1) is 15.3. The number of rotatable bonds is 4. The molecule has 0 spiro atoms. The molecule has 2 fully saturated rings. The van der Waals surface area contributed by atoms with E-state index in [-0.39, 0.29) is 24.9 Å². The summed E-state index contributed by atoms with van der Waals surface area (Å²) >= 11 is 0. The highest BCUT2D eigenvalue weighted by Crippen LogP contribution is 2.20. The summed E-state index contributed by atoms with van der Waals surface area (Å²) in [4.78, 5) is 27.4. The number of amides is 2. The van der Waals surface area contributed by atoms with E-state index in [2.05, 4.69) is 10.2 Å². The Morgan fingerprint density at radius 2 is 1.70 bits per heavy atom. The lowest BCUT2D eigenvalue weighted by molar-refractivity contribution is -0.134. The summed E-state index contributed by atoms with van der Waals surface area (Å²) in [6.45, 7) is 4.04. The Balaban J connectivity index is 1.70. The van der Waals surface area contributed by atoms with Crippen molar-refractivity contribution >= 4 is 11.8 Å². The maximum Gasteiger partial charge on any atom is 0.241 e. The molecule has 2 saturated heterocycles. The molecule has 0 aliphatic carbocycles. The molecular formula is C14H26N4O2. The van der Waals surface area contributed by atoms with Crippen LogP contribution in [0.2, 0.25) is 0 Å². The van der Waals surface area contributed by atoms with E-state index >= 15 is 0 Å². The summed E-state index contributed by atoms with van der Waals surface area (Å²) in [5.74, 6) is -0.273. The standard InChI is InChI=1S/C14H26N4O2/c15-10-13(19)16-11-14(20)18-8-4-12(5-9-18)17-6-2-1-3-7-17/h12H,1-11,15H2,(H,16,19). The molecule has 0 bridgehead atoms. The normalized spacial score (nSPS) is 21.8. The lowest BCUT2D eigenvalue weighted by atomic mass is 10.00. The Bertz CT molecular complexity index is 334. The molecule has 2 aliphatic rings. The Labute approximate surface area is 120 Å². The summed E-state index contributed by atoms with van der Waals surface area (Å²) in [6.07, 6.45) is 6.08. The van der Waals surface area contributed by atoms with Crippen molar-refractivity contribution in [2.75, 3.05) is 39.3 Å². The van der Waals surface area contributed by atoms with Crippen molar-refractivity contribution in [2.24, 2.45) is 5.73 Å². The number of likely N-dealkylation sites (tertiary alicyclic amines) is 2. The van der Waals surface area contributed by atoms with Gasteiger partial charge in [-0.15, -0.1) is 0 Å². The zero-order valence-corrected chi connectivity index (χ0v) is 12.1. The molecule has 0 aromatic heterocycles. The summed E-state index contributed by atoms with van der Waals surface area (Å²) in [7, 11) is 0. The van der Waals surface area contributed by atoms with Gasteiger partial charge in [0.25, 0.3) is 0 Å². The van der Waals surface area contributed by atoms with Gasteiger partial charge in [0.2, 0.25) is 11.8 Å². The maximum atomic E-state index is 12.0. The van der Waals surface area contributed by atoms with E-state index in [1.165, 1.54) is 32.4 Å². The van der Waals surface area contributed by atoms with Crippen molar-refractivity contribution in [3.8, 4) is 0 Å². The lowest BCUT2D eigenvalue weighted by Gasteiger charge is -2.40. The maximum absolute atomic E-state index is 12.0. The van der Waals surface area contributed by atoms with Crippen LogP contribution in [-0.2, 0) is 9.59 Å². The second-order valence-electron chi connectivity index (χ2n) is 5.69. The lowest BCUT2D eigenvalue weighted by Crippen LogP contribution is -2.50. The highest BCUT2D eigenvalue weighted by Gasteiger charge is 2.27. The van der Waals surface area contributed by atoms with Gasteiger partial charge in [0.15, 0.2) is 0 Å². The van der Waals surface area contributed by atoms with Crippen LogP contribution in [0.15, 0.2) is 0 Å². The van der Waals surface area contributed by atoms with Gasteiger partial charge in [0.1, 0.15) is 0 Å². The summed E-state index contributed by atoms with van der Waals surface area (Å²) < 4.78 is 0. The molecular weight excluding hydrogens is 256 g/mol. The fourth-order valence-electron chi connectivity index (χ4n) is 3.12. The fraction of sp³-hybridized carbons (Fsp3) is 0.857. The van der Waals surface area contributed by atoms with Gasteiger partial charge in [-0.25, -0.2) is 0 Å². The predicted molar refractivity (Wildman–Crippen MR) is 77.1 cm³/mol. The number of nitrogens with zero attached hydrogens (tertiary/aromatic N) is 2. The van der Waals surface area contributed by atoms with E-state index < -0.39 is 0 Å². The quantitative estimate of drug-likeness (QED) is 0.731. The van der Waals surface area contributed by atoms with Crippen LogP contribution in [0.4, 0.5) is 0 Å². The van der Waals surface area contributed by atoms with Gasteiger partial charge in [0.05, 0.1) is 13.1 Å². The monoisotopic (exact) mass is 282 g/mol. The van der Waals surface area contributed by atoms with Gasteiger partial charge in [-0.1, -0.05) is 6.42 Å². The fourth-order valence-corrected chi connectivity index (χ4v) is 3.12. The van der Waals surface area contributed by atoms with Gasteiger partial charge in [-0.05, 0) is 38.8 Å². The molecule has 0 aromatic carbocycles. The number of piperidine rings is 2. The Morgan fingerprint density at radius 3 is 2.30 bits per heavy atom. The summed E-state index contributed by atoms with van der Waals surface area (Å²) in [6, 6.07) is 0.637. The number of carbonyl (C=O) groups excluding carboxylic acids is 2. The van der Waals surface area contributed by atoms with Gasteiger partial charge in [0, 0.05) is 19.1 Å². The highest BCUT2D eigenvalue weighted by atomic mass is 16.2. The average Bonchev–Trinajstić information content (AvgIpc) is 2.53. The van der Waals surface area contributed by atoms with Crippen molar-refractivity contribution in [1.29, 1.82) is 0 Å². The van der Waals surface area contributed by atoms with Gasteiger partial charge in [-0.2, -0.15) is 0 Å². The topological polar surface area (TPSA) is 78.7 Å². The number of hydrogen-bond donors (Lipinski definition) is 2. The number of hydrogen-bond acceptors (Lipinski definition) is 4.